The molecule has 1 unspecified atom stereocenters. The summed E-state index contributed by atoms with van der Waals surface area (Å²) in [6, 6.07) is 6.96. The zero-order valence-corrected chi connectivity index (χ0v) is 11.0. The van der Waals surface area contributed by atoms with Crippen LogP contribution in [0.2, 0.25) is 0 Å². The maximum Gasteiger partial charge on any atom is 0.120 e. The molecular weight excluding hydrogens is 224 g/mol. The number of fused-ring (bicyclic) bond motifs is 3. The van der Waals surface area contributed by atoms with E-state index in [1.54, 1.807) is 0 Å². The molecule has 1 atom stereocenters. The standard InChI is InChI=1S/C15H20N2O/c1-3-18-11-5-7-14-13(9-11)12-6-4-10(16-2)8-15(12)17-14/h5,7,9-10,16-17H,3-4,6,8H2,1-2H3. The summed E-state index contributed by atoms with van der Waals surface area (Å²) in [5.41, 5.74) is 4.11. The first kappa shape index (κ1) is 11.6. The summed E-state index contributed by atoms with van der Waals surface area (Å²) in [5, 5.41) is 4.71. The molecular formula is C15H20N2O. The van der Waals surface area contributed by atoms with Gasteiger partial charge in [-0.15, -0.1) is 0 Å². The second-order valence-corrected chi connectivity index (χ2v) is 4.95. The van der Waals surface area contributed by atoms with E-state index in [0.717, 1.165) is 25.2 Å². The molecule has 2 aromatic rings. The number of hydrogen-bond donors (Lipinski definition) is 2. The van der Waals surface area contributed by atoms with Gasteiger partial charge in [0.1, 0.15) is 5.75 Å². The van der Waals surface area contributed by atoms with Gasteiger partial charge in [0.25, 0.3) is 0 Å². The van der Waals surface area contributed by atoms with Crippen LogP contribution >= 0.6 is 0 Å². The first-order valence-electron chi connectivity index (χ1n) is 6.75. The second kappa shape index (κ2) is 4.65. The van der Waals surface area contributed by atoms with Gasteiger partial charge in [-0.25, -0.2) is 0 Å². The molecule has 0 aliphatic heterocycles. The van der Waals surface area contributed by atoms with E-state index in [0.29, 0.717) is 6.04 Å². The van der Waals surface area contributed by atoms with E-state index in [2.05, 4.69) is 22.4 Å². The van der Waals surface area contributed by atoms with Crippen molar-refractivity contribution in [3.05, 3.63) is 29.5 Å². The molecule has 0 fully saturated rings. The van der Waals surface area contributed by atoms with Crippen LogP contribution in [-0.4, -0.2) is 24.7 Å². The minimum atomic E-state index is 0.608. The smallest absolute Gasteiger partial charge is 0.120 e. The number of aryl methyl sites for hydroxylation is 1. The van der Waals surface area contributed by atoms with E-state index in [-0.39, 0.29) is 0 Å². The predicted molar refractivity (Wildman–Crippen MR) is 74.3 cm³/mol. The van der Waals surface area contributed by atoms with E-state index >= 15 is 0 Å². The number of benzene rings is 1. The van der Waals surface area contributed by atoms with Gasteiger partial charge in [-0.1, -0.05) is 0 Å². The average Bonchev–Trinajstić information content (AvgIpc) is 2.76. The van der Waals surface area contributed by atoms with Crippen LogP contribution < -0.4 is 10.1 Å². The van der Waals surface area contributed by atoms with Crippen LogP contribution in [0.15, 0.2) is 18.2 Å². The molecule has 0 saturated carbocycles. The Balaban J connectivity index is 2.03. The lowest BCUT2D eigenvalue weighted by Gasteiger charge is -2.21. The van der Waals surface area contributed by atoms with E-state index in [1.807, 2.05) is 20.0 Å². The van der Waals surface area contributed by atoms with Crippen molar-refractivity contribution in [1.29, 1.82) is 0 Å². The van der Waals surface area contributed by atoms with E-state index < -0.39 is 0 Å². The number of H-pyrrole nitrogens is 1. The maximum atomic E-state index is 5.59. The van der Waals surface area contributed by atoms with Crippen molar-refractivity contribution in [1.82, 2.24) is 10.3 Å². The van der Waals surface area contributed by atoms with Crippen molar-refractivity contribution < 1.29 is 4.74 Å². The molecule has 3 heteroatoms. The molecule has 0 amide bonds. The van der Waals surface area contributed by atoms with Crippen LogP contribution in [0.3, 0.4) is 0 Å². The molecule has 2 N–H and O–H groups in total. The molecule has 1 aliphatic rings. The molecule has 0 bridgehead atoms. The molecule has 1 aliphatic carbocycles. The summed E-state index contributed by atoms with van der Waals surface area (Å²) in [7, 11) is 2.05. The molecule has 0 spiro atoms. The van der Waals surface area contributed by atoms with E-state index in [1.165, 1.54) is 28.6 Å². The van der Waals surface area contributed by atoms with Crippen LogP contribution in [0.5, 0.6) is 5.75 Å². The SMILES string of the molecule is CCOc1ccc2[nH]c3c(c2c1)CCC(NC)C3. The van der Waals surface area contributed by atoms with Gasteiger partial charge in [-0.05, 0) is 50.6 Å². The number of aromatic amines is 1. The van der Waals surface area contributed by atoms with Gasteiger partial charge < -0.3 is 15.0 Å². The fourth-order valence-corrected chi connectivity index (χ4v) is 2.91. The van der Waals surface area contributed by atoms with Crippen LogP contribution in [-0.2, 0) is 12.8 Å². The third-order valence-corrected chi connectivity index (χ3v) is 3.88. The lowest BCUT2D eigenvalue weighted by molar-refractivity contribution is 0.340. The van der Waals surface area contributed by atoms with E-state index in [9.17, 15) is 0 Å². The lowest BCUT2D eigenvalue weighted by Crippen LogP contribution is -2.31. The largest absolute Gasteiger partial charge is 0.494 e. The average molecular weight is 244 g/mol. The Hall–Kier alpha value is -1.48. The highest BCUT2D eigenvalue weighted by molar-refractivity contribution is 5.86. The Morgan fingerprint density at radius 2 is 2.33 bits per heavy atom. The van der Waals surface area contributed by atoms with Gasteiger partial charge in [0, 0.05) is 29.1 Å². The Morgan fingerprint density at radius 1 is 1.44 bits per heavy atom. The first-order chi connectivity index (χ1) is 8.81. The van der Waals surface area contributed by atoms with E-state index in [4.69, 9.17) is 4.74 Å². The molecule has 0 saturated heterocycles. The number of rotatable bonds is 3. The third kappa shape index (κ3) is 1.89. The van der Waals surface area contributed by atoms with Crippen molar-refractivity contribution in [2.24, 2.45) is 0 Å². The number of hydrogen-bond acceptors (Lipinski definition) is 2. The molecule has 1 heterocycles. The number of ether oxygens (including phenoxy) is 1. The Labute approximate surface area is 108 Å². The van der Waals surface area contributed by atoms with Crippen LogP contribution in [0, 0.1) is 0 Å². The lowest BCUT2D eigenvalue weighted by atomic mass is 9.92. The van der Waals surface area contributed by atoms with Gasteiger partial charge in [0.2, 0.25) is 0 Å². The quantitative estimate of drug-likeness (QED) is 0.871. The summed E-state index contributed by atoms with van der Waals surface area (Å²) in [6.45, 7) is 2.74. The Morgan fingerprint density at radius 3 is 3.11 bits per heavy atom. The highest BCUT2D eigenvalue weighted by Gasteiger charge is 2.21. The van der Waals surface area contributed by atoms with Crippen LogP contribution in [0.4, 0.5) is 0 Å². The van der Waals surface area contributed by atoms with Crippen molar-refractivity contribution >= 4 is 10.9 Å². The zero-order valence-electron chi connectivity index (χ0n) is 11.0. The molecule has 96 valence electrons. The molecule has 18 heavy (non-hydrogen) atoms. The third-order valence-electron chi connectivity index (χ3n) is 3.88. The summed E-state index contributed by atoms with van der Waals surface area (Å²) < 4.78 is 5.59. The van der Waals surface area contributed by atoms with Crippen LogP contribution in [0.1, 0.15) is 24.6 Å². The van der Waals surface area contributed by atoms with Crippen molar-refractivity contribution in [2.45, 2.75) is 32.2 Å². The molecule has 3 nitrogen and oxygen atoms in total. The zero-order chi connectivity index (χ0) is 12.5. The van der Waals surface area contributed by atoms with Gasteiger partial charge in [-0.3, -0.25) is 0 Å². The van der Waals surface area contributed by atoms with Crippen molar-refractivity contribution in [3.8, 4) is 5.75 Å². The summed E-state index contributed by atoms with van der Waals surface area (Å²) in [5.74, 6) is 0.975. The Bertz CT molecular complexity index is 559. The minimum Gasteiger partial charge on any atom is -0.494 e. The highest BCUT2D eigenvalue weighted by Crippen LogP contribution is 2.31. The van der Waals surface area contributed by atoms with Gasteiger partial charge in [-0.2, -0.15) is 0 Å². The second-order valence-electron chi connectivity index (χ2n) is 4.95. The van der Waals surface area contributed by atoms with Gasteiger partial charge >= 0.3 is 0 Å². The van der Waals surface area contributed by atoms with Gasteiger partial charge in [0.15, 0.2) is 0 Å². The summed E-state index contributed by atoms with van der Waals surface area (Å²) >= 11 is 0. The first-order valence-corrected chi connectivity index (χ1v) is 6.75. The monoisotopic (exact) mass is 244 g/mol. The minimum absolute atomic E-state index is 0.608. The molecule has 1 aromatic carbocycles. The van der Waals surface area contributed by atoms with Crippen molar-refractivity contribution in [2.75, 3.05) is 13.7 Å². The van der Waals surface area contributed by atoms with Crippen LogP contribution in [0.25, 0.3) is 10.9 Å². The summed E-state index contributed by atoms with van der Waals surface area (Å²) in [6.07, 6.45) is 3.47. The fraction of sp³-hybridized carbons (Fsp3) is 0.467. The normalized spacial score (nSPS) is 18.9. The number of likely N-dealkylation sites (N-methyl/N-ethyl adjacent to an activating group) is 1. The predicted octanol–water partition coefficient (Wildman–Crippen LogP) is 2.64. The van der Waals surface area contributed by atoms with Crippen molar-refractivity contribution in [3.63, 3.8) is 0 Å². The summed E-state index contributed by atoms with van der Waals surface area (Å²) in [4.78, 5) is 3.55. The molecule has 1 aromatic heterocycles. The fourth-order valence-electron chi connectivity index (χ4n) is 2.91. The molecule has 0 radical (unpaired) electrons. The highest BCUT2D eigenvalue weighted by atomic mass is 16.5. The topological polar surface area (TPSA) is 37.0 Å². The Kier molecular flexibility index (Phi) is 3.00. The number of aromatic nitrogens is 1. The molecule has 3 rings (SSSR count). The maximum absolute atomic E-state index is 5.59. The number of nitrogens with one attached hydrogen (secondary N) is 2. The van der Waals surface area contributed by atoms with Gasteiger partial charge in [0.05, 0.1) is 6.61 Å².